The molecule has 0 saturated heterocycles. The van der Waals surface area contributed by atoms with Gasteiger partial charge in [0.05, 0.1) is 16.6 Å². The third-order valence-corrected chi connectivity index (χ3v) is 11.2. The van der Waals surface area contributed by atoms with Gasteiger partial charge in [0.2, 0.25) is 5.78 Å². The Morgan fingerprint density at radius 2 is 1.90 bits per heavy atom. The third-order valence-electron chi connectivity index (χ3n) is 10.3. The number of hydrogen-bond donors (Lipinski definition) is 3. The predicted molar refractivity (Wildman–Crippen MR) is 139 cm³/mol. The van der Waals surface area contributed by atoms with Gasteiger partial charge in [-0.25, -0.2) is 9.18 Å². The highest BCUT2D eigenvalue weighted by Crippen LogP contribution is 2.70. The minimum Gasteiger partial charge on any atom is -0.454 e. The van der Waals surface area contributed by atoms with Crippen molar-refractivity contribution in [3.63, 3.8) is 0 Å². The van der Waals surface area contributed by atoms with Crippen LogP contribution in [-0.4, -0.2) is 64.7 Å². The summed E-state index contributed by atoms with van der Waals surface area (Å²) in [6, 6.07) is 4.48. The van der Waals surface area contributed by atoms with E-state index in [0.717, 1.165) is 12.1 Å². The van der Waals surface area contributed by atoms with Gasteiger partial charge in [-0.05, 0) is 74.8 Å². The van der Waals surface area contributed by atoms with Crippen molar-refractivity contribution in [3.05, 3.63) is 53.6 Å². The molecule has 0 unspecified atom stereocenters. The summed E-state index contributed by atoms with van der Waals surface area (Å²) in [6.45, 7) is 4.22. The second-order valence-electron chi connectivity index (χ2n) is 12.2. The standard InChI is InChI=1S/C29H33FO9S/c1-16-11-22-21-8-7-18-13-19(31)9-10-26(18,2)28(21,30)23(32)14-27(22,3)29(16,35)24(33)15-39-25(34)17-5-4-6-20(12-17)40(36,37)38/h4-6,9-10,12-13,16,21-23,32,35H,7-8,11,14-15H2,1-3H3,(H,36,37,38)/t16-,21-,22-,23-,26+,27+,28+,29+/m1/s1. The van der Waals surface area contributed by atoms with E-state index < -0.39 is 79.3 Å². The smallest absolute Gasteiger partial charge is 0.338 e. The molecule has 5 rings (SSSR count). The monoisotopic (exact) mass is 576 g/mol. The fraction of sp³-hybridized carbons (Fsp3) is 0.552. The molecule has 0 bridgehead atoms. The number of halogens is 1. The van der Waals surface area contributed by atoms with Crippen LogP contribution >= 0.6 is 0 Å². The van der Waals surface area contributed by atoms with Gasteiger partial charge in [0.25, 0.3) is 10.1 Å². The van der Waals surface area contributed by atoms with Gasteiger partial charge in [-0.3, -0.25) is 14.1 Å². The minimum absolute atomic E-state index is 0.216. The second kappa shape index (κ2) is 9.14. The fourth-order valence-corrected chi connectivity index (χ4v) is 8.77. The van der Waals surface area contributed by atoms with Crippen molar-refractivity contribution in [1.82, 2.24) is 0 Å². The van der Waals surface area contributed by atoms with Crippen molar-refractivity contribution in [2.45, 2.75) is 68.7 Å². The number of Topliss-reactive ketones (excluding diaryl/α,β-unsaturated/α-hetero) is 1. The first-order chi connectivity index (χ1) is 18.5. The molecule has 4 aliphatic rings. The van der Waals surface area contributed by atoms with Crippen LogP contribution < -0.4 is 0 Å². The van der Waals surface area contributed by atoms with Crippen LogP contribution in [0.5, 0.6) is 0 Å². The first-order valence-electron chi connectivity index (χ1n) is 13.3. The summed E-state index contributed by atoms with van der Waals surface area (Å²) in [4.78, 5) is 37.7. The van der Waals surface area contributed by atoms with E-state index in [1.807, 2.05) is 0 Å². The molecular weight excluding hydrogens is 543 g/mol. The normalized spacial score (nSPS) is 40.5. The summed E-state index contributed by atoms with van der Waals surface area (Å²) in [7, 11) is -4.57. The lowest BCUT2D eigenvalue weighted by molar-refractivity contribution is -0.219. The summed E-state index contributed by atoms with van der Waals surface area (Å²) < 4.78 is 54.4. The molecule has 0 aliphatic heterocycles. The molecule has 3 saturated carbocycles. The minimum atomic E-state index is -4.57. The number of esters is 1. The largest absolute Gasteiger partial charge is 0.454 e. The molecule has 40 heavy (non-hydrogen) atoms. The van der Waals surface area contributed by atoms with E-state index >= 15 is 4.39 Å². The lowest BCUT2D eigenvalue weighted by Gasteiger charge is -2.62. The van der Waals surface area contributed by atoms with E-state index in [9.17, 15) is 37.6 Å². The summed E-state index contributed by atoms with van der Waals surface area (Å²) in [5.74, 6) is -3.86. The number of fused-ring (bicyclic) bond motifs is 5. The molecular formula is C29H33FO9S. The van der Waals surface area contributed by atoms with E-state index in [-0.39, 0.29) is 17.8 Å². The zero-order valence-electron chi connectivity index (χ0n) is 22.5. The first kappa shape index (κ1) is 28.8. The number of ether oxygens (including phenoxy) is 1. The van der Waals surface area contributed by atoms with Crippen LogP contribution in [0.1, 0.15) is 56.8 Å². The Labute approximate surface area is 231 Å². The third kappa shape index (κ3) is 3.81. The highest BCUT2D eigenvalue weighted by Gasteiger charge is 2.75. The van der Waals surface area contributed by atoms with Gasteiger partial charge < -0.3 is 14.9 Å². The van der Waals surface area contributed by atoms with E-state index in [1.165, 1.54) is 30.4 Å². The number of benzene rings is 1. The number of ketones is 2. The molecule has 8 atom stereocenters. The van der Waals surface area contributed by atoms with Crippen LogP contribution in [0.3, 0.4) is 0 Å². The lowest BCUT2D eigenvalue weighted by atomic mass is 9.44. The average Bonchev–Trinajstić information content (AvgIpc) is 3.09. The highest BCUT2D eigenvalue weighted by atomic mass is 32.2. The van der Waals surface area contributed by atoms with Crippen LogP contribution in [0, 0.1) is 28.6 Å². The number of allylic oxidation sites excluding steroid dienone is 4. The Morgan fingerprint density at radius 3 is 2.58 bits per heavy atom. The first-order valence-corrected chi connectivity index (χ1v) is 14.8. The van der Waals surface area contributed by atoms with E-state index in [4.69, 9.17) is 4.74 Å². The summed E-state index contributed by atoms with van der Waals surface area (Å²) in [6.07, 6.45) is 3.64. The summed E-state index contributed by atoms with van der Waals surface area (Å²) in [5.41, 5.74) is -6.17. The maximum Gasteiger partial charge on any atom is 0.338 e. The molecule has 11 heteroatoms. The molecule has 3 N–H and O–H groups in total. The summed E-state index contributed by atoms with van der Waals surface area (Å²) in [5, 5.41) is 23.4. The predicted octanol–water partition coefficient (Wildman–Crippen LogP) is 3.01. The van der Waals surface area contributed by atoms with E-state index in [0.29, 0.717) is 24.8 Å². The molecule has 1 aromatic carbocycles. The maximum absolute atomic E-state index is 17.3. The average molecular weight is 577 g/mol. The van der Waals surface area contributed by atoms with Crippen molar-refractivity contribution in [1.29, 1.82) is 0 Å². The van der Waals surface area contributed by atoms with Crippen molar-refractivity contribution < 1.29 is 46.7 Å². The number of carbonyl (C=O) groups is 3. The topological polar surface area (TPSA) is 155 Å². The Balaban J connectivity index is 1.41. The molecule has 1 aromatic rings. The molecule has 4 aliphatic carbocycles. The Morgan fingerprint density at radius 1 is 1.20 bits per heavy atom. The number of aliphatic hydroxyl groups is 2. The van der Waals surface area contributed by atoms with Crippen LogP contribution in [0.2, 0.25) is 0 Å². The molecule has 0 radical (unpaired) electrons. The van der Waals surface area contributed by atoms with Crippen molar-refractivity contribution in [2.24, 2.45) is 28.6 Å². The number of hydrogen-bond acceptors (Lipinski definition) is 8. The molecule has 216 valence electrons. The second-order valence-corrected chi connectivity index (χ2v) is 13.6. The molecule has 0 aromatic heterocycles. The number of carbonyl (C=O) groups excluding carboxylic acids is 3. The van der Waals surface area contributed by atoms with Crippen LogP contribution in [-0.2, 0) is 24.4 Å². The zero-order valence-corrected chi connectivity index (χ0v) is 23.3. The SMILES string of the molecule is C[C@@H]1C[C@@H]2[C@H]3CCC4=CC(=O)C=C[C@]4(C)[C@@]3(F)[C@H](O)C[C@]2(C)[C@@]1(O)C(=O)COC(=O)c1cccc(S(=O)(=O)O)c1. The number of rotatable bonds is 5. The highest BCUT2D eigenvalue weighted by molar-refractivity contribution is 7.85. The molecule has 3 fully saturated rings. The van der Waals surface area contributed by atoms with Gasteiger partial charge >= 0.3 is 5.97 Å². The van der Waals surface area contributed by atoms with Crippen LogP contribution in [0.15, 0.2) is 53.0 Å². The van der Waals surface area contributed by atoms with E-state index in [2.05, 4.69) is 0 Å². The van der Waals surface area contributed by atoms with Gasteiger partial charge in [-0.15, -0.1) is 0 Å². The van der Waals surface area contributed by atoms with Crippen LogP contribution in [0.4, 0.5) is 4.39 Å². The van der Waals surface area contributed by atoms with Crippen LogP contribution in [0.25, 0.3) is 0 Å². The Hall–Kier alpha value is -2.73. The van der Waals surface area contributed by atoms with Gasteiger partial charge in [-0.2, -0.15) is 8.42 Å². The Bertz CT molecular complexity index is 1470. The van der Waals surface area contributed by atoms with Gasteiger partial charge in [0.1, 0.15) is 5.60 Å². The molecule has 9 nitrogen and oxygen atoms in total. The zero-order chi connectivity index (χ0) is 29.5. The fourth-order valence-electron chi connectivity index (χ4n) is 8.25. The quantitative estimate of drug-likeness (QED) is 0.354. The van der Waals surface area contributed by atoms with Gasteiger partial charge in [0, 0.05) is 16.7 Å². The number of aliphatic hydroxyl groups excluding tert-OH is 1. The summed E-state index contributed by atoms with van der Waals surface area (Å²) >= 11 is 0. The maximum atomic E-state index is 17.3. The molecule has 0 heterocycles. The molecule has 0 spiro atoms. The van der Waals surface area contributed by atoms with Crippen molar-refractivity contribution in [2.75, 3.05) is 6.61 Å². The Kier molecular flexibility index (Phi) is 6.58. The molecule has 0 amide bonds. The van der Waals surface area contributed by atoms with Crippen molar-refractivity contribution in [3.8, 4) is 0 Å². The van der Waals surface area contributed by atoms with Gasteiger partial charge in [-0.1, -0.05) is 31.6 Å². The van der Waals surface area contributed by atoms with Crippen molar-refractivity contribution >= 4 is 27.7 Å². The van der Waals surface area contributed by atoms with E-state index in [1.54, 1.807) is 20.8 Å². The van der Waals surface area contributed by atoms with Gasteiger partial charge in [0.15, 0.2) is 18.1 Å². The lowest BCUT2D eigenvalue weighted by Crippen LogP contribution is -2.69. The number of alkyl halides is 1.